The van der Waals surface area contributed by atoms with Crippen LogP contribution >= 0.6 is 0 Å². The number of anilines is 4. The van der Waals surface area contributed by atoms with Gasteiger partial charge in [0.05, 0.1) is 11.4 Å². The van der Waals surface area contributed by atoms with Gasteiger partial charge in [-0.15, -0.1) is 0 Å². The first kappa shape index (κ1) is 39.1. The van der Waals surface area contributed by atoms with Crippen molar-refractivity contribution in [2.75, 3.05) is 102 Å². The highest BCUT2D eigenvalue weighted by atomic mass is 16.5. The Balaban J connectivity index is 0.000000442. The van der Waals surface area contributed by atoms with Crippen LogP contribution in [-0.4, -0.2) is 91.3 Å². The lowest BCUT2D eigenvalue weighted by Crippen LogP contribution is -2.08. The molecule has 0 aliphatic heterocycles. The fourth-order valence-electron chi connectivity index (χ4n) is 4.46. The minimum atomic E-state index is 0.281. The summed E-state index contributed by atoms with van der Waals surface area (Å²) in [5.41, 5.74) is 3.49. The van der Waals surface area contributed by atoms with E-state index in [0.717, 1.165) is 140 Å². The number of ether oxygens (including phenoxy) is 4. The zero-order valence-electron chi connectivity index (χ0n) is 27.7. The summed E-state index contributed by atoms with van der Waals surface area (Å²) in [5, 5.41) is 33.5. The first-order valence-electron chi connectivity index (χ1n) is 16.1. The number of nitrogens with one attached hydrogen (secondary N) is 4. The van der Waals surface area contributed by atoms with Gasteiger partial charge in [-0.3, -0.25) is 0 Å². The van der Waals surface area contributed by atoms with E-state index in [4.69, 9.17) is 18.9 Å². The summed E-state index contributed by atoms with van der Waals surface area (Å²) in [5.74, 6) is 0.579. The summed E-state index contributed by atoms with van der Waals surface area (Å²) in [7, 11) is 6.89. The highest BCUT2D eigenvalue weighted by Crippen LogP contribution is 2.32. The molecule has 0 bridgehead atoms. The lowest BCUT2D eigenvalue weighted by atomic mass is 10.2. The Morgan fingerprint density at radius 2 is 0.750 bits per heavy atom. The van der Waals surface area contributed by atoms with E-state index in [1.165, 1.54) is 0 Å². The van der Waals surface area contributed by atoms with Gasteiger partial charge >= 0.3 is 0 Å². The third kappa shape index (κ3) is 18.7. The number of phenols is 2. The normalized spacial score (nSPS) is 10.6. The Bertz CT molecular complexity index is 950. The van der Waals surface area contributed by atoms with Crippen molar-refractivity contribution in [1.29, 1.82) is 0 Å². The molecule has 0 atom stereocenters. The highest BCUT2D eigenvalue weighted by Gasteiger charge is 2.08. The molecule has 10 heteroatoms. The van der Waals surface area contributed by atoms with Crippen molar-refractivity contribution >= 4 is 22.7 Å². The largest absolute Gasteiger partial charge is 0.506 e. The van der Waals surface area contributed by atoms with E-state index in [1.54, 1.807) is 40.6 Å². The van der Waals surface area contributed by atoms with Crippen LogP contribution in [-0.2, 0) is 18.9 Å². The molecule has 2 rings (SSSR count). The topological polar surface area (TPSA) is 126 Å². The van der Waals surface area contributed by atoms with Crippen LogP contribution in [0.2, 0.25) is 0 Å². The van der Waals surface area contributed by atoms with Gasteiger partial charge in [0.2, 0.25) is 0 Å². The number of hydrogen-bond donors (Lipinski definition) is 6. The van der Waals surface area contributed by atoms with Crippen LogP contribution in [0.1, 0.15) is 64.2 Å². The van der Waals surface area contributed by atoms with E-state index >= 15 is 0 Å². The number of hydrogen-bond acceptors (Lipinski definition) is 10. The molecule has 6 N–H and O–H groups in total. The molecule has 2 aromatic rings. The van der Waals surface area contributed by atoms with Gasteiger partial charge in [-0.25, -0.2) is 0 Å². The molecule has 0 aliphatic carbocycles. The summed E-state index contributed by atoms with van der Waals surface area (Å²) >= 11 is 0. The Morgan fingerprint density at radius 1 is 0.432 bits per heavy atom. The second-order valence-corrected chi connectivity index (χ2v) is 10.6. The Morgan fingerprint density at radius 3 is 1.11 bits per heavy atom. The number of phenolic OH excluding ortho intramolecular Hbond substituents is 2. The maximum absolute atomic E-state index is 10.1. The average molecular weight is 621 g/mol. The predicted octanol–water partition coefficient (Wildman–Crippen LogP) is 6.92. The van der Waals surface area contributed by atoms with Crippen LogP contribution in [0, 0.1) is 0 Å². The third-order valence-electron chi connectivity index (χ3n) is 6.92. The molecular weight excluding hydrogens is 560 g/mol. The van der Waals surface area contributed by atoms with Crippen LogP contribution in [0.5, 0.6) is 11.5 Å². The smallest absolute Gasteiger partial charge is 0.140 e. The van der Waals surface area contributed by atoms with Crippen LogP contribution in [0.25, 0.3) is 0 Å². The predicted molar refractivity (Wildman–Crippen MR) is 184 cm³/mol. The second kappa shape index (κ2) is 27.6. The van der Waals surface area contributed by atoms with Crippen LogP contribution in [0.15, 0.2) is 36.4 Å². The lowest BCUT2D eigenvalue weighted by Gasteiger charge is -2.15. The van der Waals surface area contributed by atoms with Crippen molar-refractivity contribution in [2.45, 2.75) is 64.2 Å². The fourth-order valence-corrected chi connectivity index (χ4v) is 4.46. The number of methoxy groups -OCH3 is 4. The van der Waals surface area contributed by atoms with Crippen molar-refractivity contribution in [1.82, 2.24) is 0 Å². The summed E-state index contributed by atoms with van der Waals surface area (Å²) in [6, 6.07) is 11.1. The molecule has 0 saturated carbocycles. The molecular formula is C34H60N4O6. The molecule has 0 radical (unpaired) electrons. The van der Waals surface area contributed by atoms with Gasteiger partial charge in [0.1, 0.15) is 22.9 Å². The third-order valence-corrected chi connectivity index (χ3v) is 6.92. The number of rotatable bonds is 26. The highest BCUT2D eigenvalue weighted by molar-refractivity contribution is 5.75. The van der Waals surface area contributed by atoms with E-state index in [2.05, 4.69) is 21.3 Å². The van der Waals surface area contributed by atoms with E-state index < -0.39 is 0 Å². The molecule has 0 aromatic heterocycles. The number of unbranched alkanes of at least 4 members (excludes halogenated alkanes) is 6. The Labute approximate surface area is 266 Å². The summed E-state index contributed by atoms with van der Waals surface area (Å²) in [4.78, 5) is 0. The Hall–Kier alpha value is -2.92. The SMILES string of the molecule is COCCCCCNc1cccc(O)c1NCCCCCOC.COCCCCNc1cccc(O)c1NCCCCOC. The standard InChI is InChI=1S/C18H32N2O3.C16H28N2O3/c1-22-14-7-3-5-12-19-16-10-9-11-17(21)18(16)20-13-6-4-8-15-23-2;1-20-12-5-3-10-17-14-8-7-9-15(19)16(14)18-11-4-6-13-21-2/h9-11,19-21H,3-8,12-15H2,1-2H3;7-9,17-19H,3-6,10-13H2,1-2H3. The molecule has 0 amide bonds. The quantitative estimate of drug-likeness (QED) is 0.0488. The summed E-state index contributed by atoms with van der Waals surface area (Å²) in [6.45, 7) is 6.62. The van der Waals surface area contributed by atoms with Crippen molar-refractivity contribution in [3.63, 3.8) is 0 Å². The maximum Gasteiger partial charge on any atom is 0.140 e. The number of benzene rings is 2. The summed E-state index contributed by atoms with van der Waals surface area (Å²) in [6.07, 6.45) is 10.7. The average Bonchev–Trinajstić information content (AvgIpc) is 3.02. The van der Waals surface area contributed by atoms with Gasteiger partial charge in [0.15, 0.2) is 0 Å². The molecule has 0 spiro atoms. The molecule has 10 nitrogen and oxygen atoms in total. The van der Waals surface area contributed by atoms with E-state index in [-0.39, 0.29) is 5.75 Å². The van der Waals surface area contributed by atoms with Crippen molar-refractivity contribution in [2.24, 2.45) is 0 Å². The molecule has 2 aromatic carbocycles. The van der Waals surface area contributed by atoms with Crippen molar-refractivity contribution in [3.05, 3.63) is 36.4 Å². The zero-order valence-corrected chi connectivity index (χ0v) is 27.7. The maximum atomic E-state index is 10.1. The van der Waals surface area contributed by atoms with Crippen LogP contribution in [0.3, 0.4) is 0 Å². The van der Waals surface area contributed by atoms with Gasteiger partial charge in [0.25, 0.3) is 0 Å². The lowest BCUT2D eigenvalue weighted by molar-refractivity contribution is 0.192. The monoisotopic (exact) mass is 620 g/mol. The van der Waals surface area contributed by atoms with Crippen molar-refractivity contribution in [3.8, 4) is 11.5 Å². The minimum Gasteiger partial charge on any atom is -0.506 e. The molecule has 0 heterocycles. The molecule has 0 aliphatic rings. The van der Waals surface area contributed by atoms with Gasteiger partial charge in [-0.05, 0) is 88.5 Å². The van der Waals surface area contributed by atoms with Gasteiger partial charge in [-0.2, -0.15) is 0 Å². The van der Waals surface area contributed by atoms with Crippen molar-refractivity contribution < 1.29 is 29.2 Å². The van der Waals surface area contributed by atoms with Crippen LogP contribution in [0.4, 0.5) is 22.7 Å². The van der Waals surface area contributed by atoms with Gasteiger partial charge < -0.3 is 50.4 Å². The van der Waals surface area contributed by atoms with E-state index in [1.807, 2.05) is 24.3 Å². The number of aromatic hydroxyl groups is 2. The number of para-hydroxylation sites is 2. The first-order valence-corrected chi connectivity index (χ1v) is 16.1. The van der Waals surface area contributed by atoms with E-state index in [9.17, 15) is 10.2 Å². The van der Waals surface area contributed by atoms with E-state index in [0.29, 0.717) is 5.75 Å². The molecule has 252 valence electrons. The molecule has 0 unspecified atom stereocenters. The first-order chi connectivity index (χ1) is 21.6. The molecule has 0 saturated heterocycles. The fraction of sp³-hybridized carbons (Fsp3) is 0.647. The minimum absolute atomic E-state index is 0.281. The molecule has 0 fully saturated rings. The Kier molecular flexibility index (Phi) is 24.5. The second-order valence-electron chi connectivity index (χ2n) is 10.6. The van der Waals surface area contributed by atoms with Crippen LogP contribution < -0.4 is 21.3 Å². The zero-order chi connectivity index (χ0) is 32.1. The van der Waals surface area contributed by atoms with Gasteiger partial charge in [-0.1, -0.05) is 12.1 Å². The van der Waals surface area contributed by atoms with Gasteiger partial charge in [0, 0.05) is 81.0 Å². The summed E-state index contributed by atoms with van der Waals surface area (Å²) < 4.78 is 20.2. The molecule has 44 heavy (non-hydrogen) atoms.